The van der Waals surface area contributed by atoms with Crippen LogP contribution in [-0.2, 0) is 6.42 Å². The van der Waals surface area contributed by atoms with Gasteiger partial charge >= 0.3 is 0 Å². The topological polar surface area (TPSA) is 53.7 Å². The Hall–Kier alpha value is -1.17. The van der Waals surface area contributed by atoms with Gasteiger partial charge in [0.25, 0.3) is 0 Å². The lowest BCUT2D eigenvalue weighted by atomic mass is 10.1. The molecule has 1 unspecified atom stereocenters. The molecule has 1 atom stereocenters. The highest BCUT2D eigenvalue weighted by Gasteiger charge is 2.21. The standard InChI is InChI=1S/C15H26N4OS/c1-5-13-10-19(8-9-21-13)15(16-4)17-7-6-14-11(2)18-20-12(14)3/h13H,5-10H2,1-4H3,(H,16,17). The van der Waals surface area contributed by atoms with Gasteiger partial charge in [0, 0.05) is 43.2 Å². The number of rotatable bonds is 4. The highest BCUT2D eigenvalue weighted by molar-refractivity contribution is 8.00. The molecule has 0 radical (unpaired) electrons. The summed E-state index contributed by atoms with van der Waals surface area (Å²) in [6.07, 6.45) is 2.14. The Morgan fingerprint density at radius 1 is 1.52 bits per heavy atom. The molecule has 0 amide bonds. The van der Waals surface area contributed by atoms with E-state index in [1.807, 2.05) is 20.9 Å². The van der Waals surface area contributed by atoms with E-state index in [1.165, 1.54) is 17.7 Å². The fourth-order valence-electron chi connectivity index (χ4n) is 2.65. The molecule has 6 heteroatoms. The molecule has 1 aromatic heterocycles. The van der Waals surface area contributed by atoms with Crippen molar-refractivity contribution in [2.75, 3.05) is 32.4 Å². The summed E-state index contributed by atoms with van der Waals surface area (Å²) in [6.45, 7) is 9.25. The van der Waals surface area contributed by atoms with Crippen LogP contribution in [0.25, 0.3) is 0 Å². The van der Waals surface area contributed by atoms with Crippen molar-refractivity contribution in [1.29, 1.82) is 0 Å². The molecule has 0 saturated carbocycles. The predicted octanol–water partition coefficient (Wildman–Crippen LogP) is 2.24. The lowest BCUT2D eigenvalue weighted by Gasteiger charge is -2.34. The predicted molar refractivity (Wildman–Crippen MR) is 89.2 cm³/mol. The van der Waals surface area contributed by atoms with Crippen molar-refractivity contribution in [3.05, 3.63) is 17.0 Å². The molecule has 5 nitrogen and oxygen atoms in total. The molecular formula is C15H26N4OS. The van der Waals surface area contributed by atoms with E-state index in [-0.39, 0.29) is 0 Å². The van der Waals surface area contributed by atoms with Gasteiger partial charge in [-0.2, -0.15) is 11.8 Å². The van der Waals surface area contributed by atoms with Crippen LogP contribution in [0, 0.1) is 13.8 Å². The molecule has 0 bridgehead atoms. The number of aliphatic imine (C=N–C) groups is 1. The van der Waals surface area contributed by atoms with Gasteiger partial charge in [-0.05, 0) is 26.7 Å². The molecule has 2 rings (SSSR count). The molecule has 21 heavy (non-hydrogen) atoms. The maximum absolute atomic E-state index is 5.20. The summed E-state index contributed by atoms with van der Waals surface area (Å²) in [5, 5.41) is 8.19. The highest BCUT2D eigenvalue weighted by Crippen LogP contribution is 2.21. The van der Waals surface area contributed by atoms with Crippen molar-refractivity contribution in [3.8, 4) is 0 Å². The lowest BCUT2D eigenvalue weighted by molar-refractivity contribution is 0.392. The van der Waals surface area contributed by atoms with Crippen LogP contribution in [0.1, 0.15) is 30.4 Å². The number of nitrogens with zero attached hydrogens (tertiary/aromatic N) is 3. The van der Waals surface area contributed by atoms with Gasteiger partial charge < -0.3 is 14.7 Å². The van der Waals surface area contributed by atoms with Crippen molar-refractivity contribution < 1.29 is 4.52 Å². The Morgan fingerprint density at radius 3 is 2.95 bits per heavy atom. The van der Waals surface area contributed by atoms with Crippen LogP contribution in [0.15, 0.2) is 9.52 Å². The minimum absolute atomic E-state index is 0.722. The van der Waals surface area contributed by atoms with Crippen LogP contribution in [0.5, 0.6) is 0 Å². The summed E-state index contributed by atoms with van der Waals surface area (Å²) >= 11 is 2.08. The Labute approximate surface area is 131 Å². The van der Waals surface area contributed by atoms with E-state index < -0.39 is 0 Å². The van der Waals surface area contributed by atoms with E-state index in [0.29, 0.717) is 0 Å². The van der Waals surface area contributed by atoms with Gasteiger partial charge in [-0.25, -0.2) is 0 Å². The quantitative estimate of drug-likeness (QED) is 0.683. The Morgan fingerprint density at radius 2 is 2.33 bits per heavy atom. The monoisotopic (exact) mass is 310 g/mol. The van der Waals surface area contributed by atoms with E-state index >= 15 is 0 Å². The Bertz CT molecular complexity index is 467. The molecule has 2 heterocycles. The largest absolute Gasteiger partial charge is 0.361 e. The lowest BCUT2D eigenvalue weighted by Crippen LogP contribution is -2.48. The minimum Gasteiger partial charge on any atom is -0.361 e. The minimum atomic E-state index is 0.722. The van der Waals surface area contributed by atoms with Crippen LogP contribution in [0.2, 0.25) is 0 Å². The van der Waals surface area contributed by atoms with Crippen LogP contribution < -0.4 is 5.32 Å². The second-order valence-electron chi connectivity index (χ2n) is 5.37. The average Bonchev–Trinajstić information content (AvgIpc) is 2.83. The van der Waals surface area contributed by atoms with Gasteiger partial charge in [0.2, 0.25) is 0 Å². The van der Waals surface area contributed by atoms with Crippen molar-refractivity contribution in [2.45, 2.75) is 38.9 Å². The fraction of sp³-hybridized carbons (Fsp3) is 0.733. The molecule has 1 aliphatic rings. The maximum atomic E-state index is 5.20. The molecule has 0 spiro atoms. The molecule has 1 N–H and O–H groups in total. The van der Waals surface area contributed by atoms with E-state index in [1.54, 1.807) is 0 Å². The Kier molecular flexibility index (Phi) is 5.96. The summed E-state index contributed by atoms with van der Waals surface area (Å²) in [5.41, 5.74) is 2.20. The highest BCUT2D eigenvalue weighted by atomic mass is 32.2. The summed E-state index contributed by atoms with van der Waals surface area (Å²) in [6, 6.07) is 0. The fourth-order valence-corrected chi connectivity index (χ4v) is 3.83. The third-order valence-electron chi connectivity index (χ3n) is 3.94. The number of hydrogen-bond acceptors (Lipinski definition) is 4. The van der Waals surface area contributed by atoms with Gasteiger partial charge in [0.15, 0.2) is 5.96 Å². The number of thioether (sulfide) groups is 1. The van der Waals surface area contributed by atoms with Crippen LogP contribution >= 0.6 is 11.8 Å². The van der Waals surface area contributed by atoms with Gasteiger partial charge in [0.1, 0.15) is 5.76 Å². The second-order valence-corrected chi connectivity index (χ2v) is 6.78. The van der Waals surface area contributed by atoms with Crippen molar-refractivity contribution in [2.24, 2.45) is 4.99 Å². The summed E-state index contributed by atoms with van der Waals surface area (Å²) in [4.78, 5) is 6.80. The zero-order valence-corrected chi connectivity index (χ0v) is 14.3. The van der Waals surface area contributed by atoms with Crippen LogP contribution in [-0.4, -0.2) is 53.7 Å². The third-order valence-corrected chi connectivity index (χ3v) is 5.32. The molecule has 1 aromatic rings. The van der Waals surface area contributed by atoms with Gasteiger partial charge in [-0.3, -0.25) is 4.99 Å². The zero-order valence-electron chi connectivity index (χ0n) is 13.5. The number of aryl methyl sites for hydroxylation is 2. The van der Waals surface area contributed by atoms with Crippen molar-refractivity contribution >= 4 is 17.7 Å². The molecule has 0 aromatic carbocycles. The van der Waals surface area contributed by atoms with Gasteiger partial charge in [-0.1, -0.05) is 12.1 Å². The molecule has 1 aliphatic heterocycles. The van der Waals surface area contributed by atoms with Gasteiger partial charge in [0.05, 0.1) is 5.69 Å². The first kappa shape index (κ1) is 16.2. The Balaban J connectivity index is 1.86. The molecular weight excluding hydrogens is 284 g/mol. The number of guanidine groups is 1. The summed E-state index contributed by atoms with van der Waals surface area (Å²) in [5.74, 6) is 3.12. The SMILES string of the molecule is CCC1CN(C(=NC)NCCc2c(C)noc2C)CCS1. The normalized spacial score (nSPS) is 19.9. The molecule has 1 saturated heterocycles. The number of aromatic nitrogens is 1. The van der Waals surface area contributed by atoms with Gasteiger partial charge in [-0.15, -0.1) is 0 Å². The zero-order chi connectivity index (χ0) is 15.2. The van der Waals surface area contributed by atoms with Crippen molar-refractivity contribution in [3.63, 3.8) is 0 Å². The maximum Gasteiger partial charge on any atom is 0.193 e. The number of nitrogens with one attached hydrogen (secondary N) is 1. The summed E-state index contributed by atoms with van der Waals surface area (Å²) < 4.78 is 5.20. The van der Waals surface area contributed by atoms with Crippen LogP contribution in [0.4, 0.5) is 0 Å². The number of hydrogen-bond donors (Lipinski definition) is 1. The van der Waals surface area contributed by atoms with E-state index in [0.717, 1.165) is 48.7 Å². The smallest absolute Gasteiger partial charge is 0.193 e. The first-order valence-corrected chi connectivity index (χ1v) is 8.69. The molecule has 118 valence electrons. The molecule has 0 aliphatic carbocycles. The first-order chi connectivity index (χ1) is 10.2. The summed E-state index contributed by atoms with van der Waals surface area (Å²) in [7, 11) is 1.86. The van der Waals surface area contributed by atoms with E-state index in [4.69, 9.17) is 4.52 Å². The van der Waals surface area contributed by atoms with Crippen LogP contribution in [0.3, 0.4) is 0 Å². The third kappa shape index (κ3) is 4.15. The van der Waals surface area contributed by atoms with E-state index in [9.17, 15) is 0 Å². The first-order valence-electron chi connectivity index (χ1n) is 7.64. The second kappa shape index (κ2) is 7.73. The average molecular weight is 310 g/mol. The molecule has 1 fully saturated rings. The van der Waals surface area contributed by atoms with E-state index in [2.05, 4.69) is 39.1 Å². The van der Waals surface area contributed by atoms with Crippen molar-refractivity contribution in [1.82, 2.24) is 15.4 Å².